The van der Waals surface area contributed by atoms with Gasteiger partial charge in [0, 0.05) is 0 Å². The van der Waals surface area contributed by atoms with Gasteiger partial charge in [0.1, 0.15) is 0 Å². The first-order chi connectivity index (χ1) is 30.7. The van der Waals surface area contributed by atoms with Crippen molar-refractivity contribution in [3.63, 3.8) is 0 Å². The summed E-state index contributed by atoms with van der Waals surface area (Å²) in [6.45, 7) is 17.0. The van der Waals surface area contributed by atoms with Gasteiger partial charge in [-0.1, -0.05) is 219 Å². The first kappa shape index (κ1) is 57.4. The maximum absolute atomic E-state index is 5.84. The molecule has 2 aliphatic rings. The monoisotopic (exact) mass is 871 g/mol. The molecule has 0 spiro atoms. The zero-order valence-electron chi connectivity index (χ0n) is 42.4. The van der Waals surface area contributed by atoms with Crippen LogP contribution in [0.4, 0.5) is 0 Å². The van der Waals surface area contributed by atoms with Gasteiger partial charge in [-0.15, -0.1) is 13.2 Å². The van der Waals surface area contributed by atoms with E-state index in [-0.39, 0.29) is 6.10 Å². The average Bonchev–Trinajstić information content (AvgIpc) is 3.28. The molecule has 0 saturated heterocycles. The maximum atomic E-state index is 5.84. The van der Waals surface area contributed by atoms with Crippen LogP contribution in [0, 0.1) is 35.5 Å². The molecular weight excluding hydrogens is 761 g/mol. The van der Waals surface area contributed by atoms with E-state index < -0.39 is 0 Å². The second-order valence-electron chi connectivity index (χ2n) is 20.7. The molecular formula is C58H110O4. The standard InChI is InChI=1S/C58H110O4/c1-6-11-15-19-20-21-22-28-36-47-59-60-48-37-29-24-27-35-44-57-52(40-33-26-23-30-38-49-61-62-56(39-10-5)43-34-25-16-12-7-2)45-46-55-50-53(41-31-17-13-8-3)54(51-58(55)57)42-32-18-14-9-4/h6,10,52-58H,1,5,7-9,11-51H2,2-4H3. The summed E-state index contributed by atoms with van der Waals surface area (Å²) < 4.78 is 0. The third kappa shape index (κ3) is 29.8. The Bertz CT molecular complexity index is 952. The molecule has 0 radical (unpaired) electrons. The van der Waals surface area contributed by atoms with Gasteiger partial charge < -0.3 is 0 Å². The number of hydrogen-bond acceptors (Lipinski definition) is 4. The molecule has 7 atom stereocenters. The number of rotatable bonds is 47. The molecule has 2 aliphatic carbocycles. The Morgan fingerprint density at radius 2 is 0.887 bits per heavy atom. The van der Waals surface area contributed by atoms with Gasteiger partial charge >= 0.3 is 0 Å². The van der Waals surface area contributed by atoms with Crippen LogP contribution in [0.3, 0.4) is 0 Å². The topological polar surface area (TPSA) is 36.9 Å². The number of unbranched alkanes of at least 4 members (excludes halogenated alkanes) is 25. The molecule has 2 fully saturated rings. The molecule has 7 unspecified atom stereocenters. The zero-order valence-corrected chi connectivity index (χ0v) is 42.4. The summed E-state index contributed by atoms with van der Waals surface area (Å²) in [6.07, 6.45) is 59.7. The Morgan fingerprint density at radius 1 is 0.435 bits per heavy atom. The first-order valence-corrected chi connectivity index (χ1v) is 28.4. The van der Waals surface area contributed by atoms with Crippen LogP contribution in [-0.4, -0.2) is 25.9 Å². The molecule has 0 aromatic rings. The van der Waals surface area contributed by atoms with Crippen LogP contribution < -0.4 is 0 Å². The second-order valence-corrected chi connectivity index (χ2v) is 20.7. The Hall–Kier alpha value is -0.680. The van der Waals surface area contributed by atoms with Gasteiger partial charge in [0.15, 0.2) is 0 Å². The minimum Gasteiger partial charge on any atom is -0.237 e. The van der Waals surface area contributed by atoms with Gasteiger partial charge in [-0.05, 0) is 113 Å². The van der Waals surface area contributed by atoms with Crippen molar-refractivity contribution in [3.05, 3.63) is 25.3 Å². The second kappa shape index (κ2) is 42.9. The molecule has 0 heterocycles. The Morgan fingerprint density at radius 3 is 1.45 bits per heavy atom. The average molecular weight is 872 g/mol. The molecule has 0 N–H and O–H groups in total. The van der Waals surface area contributed by atoms with Gasteiger partial charge in [0.2, 0.25) is 0 Å². The van der Waals surface area contributed by atoms with Crippen molar-refractivity contribution in [2.45, 2.75) is 290 Å². The lowest BCUT2D eigenvalue weighted by molar-refractivity contribution is -0.325. The lowest BCUT2D eigenvalue weighted by Gasteiger charge is -2.51. The summed E-state index contributed by atoms with van der Waals surface area (Å²) >= 11 is 0. The number of hydrogen-bond donors (Lipinski definition) is 0. The molecule has 2 saturated carbocycles. The summed E-state index contributed by atoms with van der Waals surface area (Å²) in [7, 11) is 0. The molecule has 0 aliphatic heterocycles. The van der Waals surface area contributed by atoms with Crippen LogP contribution in [-0.2, 0) is 19.6 Å². The highest BCUT2D eigenvalue weighted by molar-refractivity contribution is 4.94. The maximum Gasteiger partial charge on any atom is 0.0964 e. The molecule has 0 aromatic heterocycles. The van der Waals surface area contributed by atoms with E-state index in [1.165, 1.54) is 218 Å². The normalized spacial score (nSPS) is 21.9. The van der Waals surface area contributed by atoms with E-state index in [0.29, 0.717) is 0 Å². The van der Waals surface area contributed by atoms with Crippen LogP contribution in [0.15, 0.2) is 25.3 Å². The van der Waals surface area contributed by atoms with Gasteiger partial charge in [-0.2, -0.15) is 0 Å². The fourth-order valence-electron chi connectivity index (χ4n) is 11.7. The highest BCUT2D eigenvalue weighted by Crippen LogP contribution is 2.54. The molecule has 62 heavy (non-hydrogen) atoms. The molecule has 0 bridgehead atoms. The van der Waals surface area contributed by atoms with Gasteiger partial charge in [-0.3, -0.25) is 0 Å². The molecule has 366 valence electrons. The molecule has 4 nitrogen and oxygen atoms in total. The molecule has 0 amide bonds. The van der Waals surface area contributed by atoms with Crippen LogP contribution >= 0.6 is 0 Å². The van der Waals surface area contributed by atoms with E-state index >= 15 is 0 Å². The van der Waals surface area contributed by atoms with Crippen molar-refractivity contribution in [2.24, 2.45) is 35.5 Å². The smallest absolute Gasteiger partial charge is 0.0964 e. The fourth-order valence-corrected chi connectivity index (χ4v) is 11.7. The van der Waals surface area contributed by atoms with Crippen molar-refractivity contribution in [3.8, 4) is 0 Å². The molecule has 2 rings (SSSR count). The molecule has 0 aromatic carbocycles. The quantitative estimate of drug-likeness (QED) is 0.0264. The van der Waals surface area contributed by atoms with Crippen LogP contribution in [0.5, 0.6) is 0 Å². The summed E-state index contributed by atoms with van der Waals surface area (Å²) in [5, 5.41) is 0. The summed E-state index contributed by atoms with van der Waals surface area (Å²) in [5.41, 5.74) is 0. The van der Waals surface area contributed by atoms with Crippen LogP contribution in [0.1, 0.15) is 284 Å². The van der Waals surface area contributed by atoms with Crippen molar-refractivity contribution >= 4 is 0 Å². The van der Waals surface area contributed by atoms with E-state index in [1.807, 2.05) is 12.2 Å². The lowest BCUT2D eigenvalue weighted by Crippen LogP contribution is -2.42. The van der Waals surface area contributed by atoms with Crippen molar-refractivity contribution in [2.75, 3.05) is 19.8 Å². The van der Waals surface area contributed by atoms with E-state index in [1.54, 1.807) is 12.8 Å². The third-order valence-corrected chi connectivity index (χ3v) is 15.4. The lowest BCUT2D eigenvalue weighted by atomic mass is 9.54. The largest absolute Gasteiger partial charge is 0.237 e. The number of fused-ring (bicyclic) bond motifs is 1. The van der Waals surface area contributed by atoms with Gasteiger partial charge in [-0.25, -0.2) is 19.6 Å². The Kier molecular flexibility index (Phi) is 39.8. The highest BCUT2D eigenvalue weighted by atomic mass is 17.2. The van der Waals surface area contributed by atoms with Crippen LogP contribution in [0.2, 0.25) is 0 Å². The van der Waals surface area contributed by atoms with E-state index in [9.17, 15) is 0 Å². The van der Waals surface area contributed by atoms with Gasteiger partial charge in [0.05, 0.1) is 25.9 Å². The summed E-state index contributed by atoms with van der Waals surface area (Å²) in [4.78, 5) is 22.7. The SMILES string of the molecule is C=CCCCCCCCCCOOCCCCCCCC1C(CCCCCCCOOC(CC=C)CCCCCCC)CCC2CC(CCCCCC)C(CCCCCC)CC21. The third-order valence-electron chi connectivity index (χ3n) is 15.4. The summed E-state index contributed by atoms with van der Waals surface area (Å²) in [5.74, 6) is 5.97. The zero-order chi connectivity index (χ0) is 44.4. The van der Waals surface area contributed by atoms with E-state index in [4.69, 9.17) is 19.6 Å². The van der Waals surface area contributed by atoms with Crippen molar-refractivity contribution in [1.29, 1.82) is 0 Å². The minimum atomic E-state index is 0.173. The van der Waals surface area contributed by atoms with Crippen molar-refractivity contribution in [1.82, 2.24) is 0 Å². The van der Waals surface area contributed by atoms with E-state index in [0.717, 1.165) is 87.4 Å². The van der Waals surface area contributed by atoms with Crippen molar-refractivity contribution < 1.29 is 19.6 Å². The fraction of sp³-hybridized carbons (Fsp3) is 0.931. The molecule has 4 heteroatoms. The van der Waals surface area contributed by atoms with E-state index in [2.05, 4.69) is 33.9 Å². The predicted molar refractivity (Wildman–Crippen MR) is 270 cm³/mol. The predicted octanol–water partition coefficient (Wildman–Crippen LogP) is 19.4. The first-order valence-electron chi connectivity index (χ1n) is 28.4. The van der Waals surface area contributed by atoms with Crippen LogP contribution in [0.25, 0.3) is 0 Å². The van der Waals surface area contributed by atoms with Gasteiger partial charge in [0.25, 0.3) is 0 Å². The number of allylic oxidation sites excluding steroid dienone is 1. The highest BCUT2D eigenvalue weighted by Gasteiger charge is 2.44. The summed E-state index contributed by atoms with van der Waals surface area (Å²) in [6, 6.07) is 0. The minimum absolute atomic E-state index is 0.173. The Balaban J connectivity index is 1.77. The Labute approximate surface area is 388 Å².